The van der Waals surface area contributed by atoms with E-state index in [4.69, 9.17) is 4.74 Å². The van der Waals surface area contributed by atoms with Gasteiger partial charge in [0.15, 0.2) is 0 Å². The van der Waals surface area contributed by atoms with Gasteiger partial charge in [0.1, 0.15) is 5.75 Å². The van der Waals surface area contributed by atoms with Crippen LogP contribution in [0, 0.1) is 2.88 Å². The largest absolute Gasteiger partial charge is 0.497 e. The third-order valence-electron chi connectivity index (χ3n) is 4.13. The molecule has 0 saturated carbocycles. The summed E-state index contributed by atoms with van der Waals surface area (Å²) >= 11 is 4.39. The minimum Gasteiger partial charge on any atom is -0.497 e. The minimum atomic E-state index is 0.327. The van der Waals surface area contributed by atoms with E-state index >= 15 is 0 Å². The van der Waals surface area contributed by atoms with Gasteiger partial charge in [-0.15, -0.1) is 11.3 Å². The molecule has 3 rings (SSSR count). The highest BCUT2D eigenvalue weighted by molar-refractivity contribution is 14.1. The summed E-state index contributed by atoms with van der Waals surface area (Å²) in [6, 6.07) is 11.5. The molecule has 1 unspecified atom stereocenters. The van der Waals surface area contributed by atoms with Gasteiger partial charge in [-0.25, -0.2) is 0 Å². The maximum absolute atomic E-state index is 5.33. The van der Waals surface area contributed by atoms with Crippen LogP contribution in [0.4, 0.5) is 0 Å². The Morgan fingerprint density at radius 2 is 2.24 bits per heavy atom. The molecule has 0 aliphatic heterocycles. The Hall–Kier alpha value is -0.590. The molecule has 1 heterocycles. The normalized spacial score (nSPS) is 19.1. The summed E-state index contributed by atoms with van der Waals surface area (Å²) in [4.78, 5) is 1.57. The number of rotatable bonds is 4. The number of aryl methyl sites for hydroxylation is 1. The molecule has 0 bridgehead atoms. The van der Waals surface area contributed by atoms with Crippen molar-refractivity contribution in [3.05, 3.63) is 49.2 Å². The minimum absolute atomic E-state index is 0.327. The number of fused-ring (bicyclic) bond motifs is 1. The molecule has 0 radical (unpaired) electrons. The highest BCUT2D eigenvalue weighted by atomic mass is 127. The van der Waals surface area contributed by atoms with Crippen molar-refractivity contribution in [1.29, 1.82) is 0 Å². The number of nitrogens with one attached hydrogen (secondary N) is 1. The van der Waals surface area contributed by atoms with E-state index in [-0.39, 0.29) is 0 Å². The molecule has 4 heteroatoms. The number of halogens is 1. The van der Waals surface area contributed by atoms with Crippen LogP contribution < -0.4 is 10.1 Å². The monoisotopic (exact) mass is 413 g/mol. The summed E-state index contributed by atoms with van der Waals surface area (Å²) in [5.41, 5.74) is 2.80. The molecule has 1 aromatic carbocycles. The third kappa shape index (κ3) is 3.43. The molecule has 112 valence electrons. The summed E-state index contributed by atoms with van der Waals surface area (Å²) in [5, 5.41) is 3.80. The Bertz CT molecular complexity index is 625. The van der Waals surface area contributed by atoms with Crippen molar-refractivity contribution in [3.8, 4) is 5.75 Å². The molecule has 2 aromatic rings. The smallest absolute Gasteiger partial charge is 0.119 e. The molecule has 2 atom stereocenters. The first-order valence-electron chi connectivity index (χ1n) is 7.35. The van der Waals surface area contributed by atoms with Crippen LogP contribution in [0.25, 0.3) is 0 Å². The van der Waals surface area contributed by atoms with Gasteiger partial charge < -0.3 is 10.1 Å². The molecule has 2 nitrogen and oxygen atoms in total. The van der Waals surface area contributed by atoms with E-state index in [2.05, 4.69) is 59.1 Å². The molecule has 0 amide bonds. The average Bonchev–Trinajstić information content (AvgIpc) is 2.88. The van der Waals surface area contributed by atoms with E-state index in [0.717, 1.165) is 5.75 Å². The van der Waals surface area contributed by atoms with Crippen molar-refractivity contribution in [2.75, 3.05) is 7.11 Å². The lowest BCUT2D eigenvalue weighted by Crippen LogP contribution is -2.27. The van der Waals surface area contributed by atoms with Crippen molar-refractivity contribution in [3.63, 3.8) is 0 Å². The van der Waals surface area contributed by atoms with Crippen LogP contribution >= 0.6 is 33.9 Å². The molecular weight excluding hydrogens is 393 g/mol. The second-order valence-corrected chi connectivity index (χ2v) is 8.57. The number of benzene rings is 1. The maximum atomic E-state index is 5.33. The molecule has 1 aliphatic rings. The Labute approximate surface area is 144 Å². The first kappa shape index (κ1) is 15.3. The molecule has 0 saturated heterocycles. The first-order valence-corrected chi connectivity index (χ1v) is 9.25. The highest BCUT2D eigenvalue weighted by Crippen LogP contribution is 2.37. The number of hydrogen-bond donors (Lipinski definition) is 1. The summed E-state index contributed by atoms with van der Waals surface area (Å²) in [5.74, 6) is 0.926. The third-order valence-corrected chi connectivity index (χ3v) is 6.10. The van der Waals surface area contributed by atoms with Crippen molar-refractivity contribution >= 4 is 33.9 Å². The molecule has 0 fully saturated rings. The Kier molecular flexibility index (Phi) is 4.86. The molecule has 0 spiro atoms. The molecule has 1 aliphatic carbocycles. The topological polar surface area (TPSA) is 21.3 Å². The van der Waals surface area contributed by atoms with E-state index in [1.165, 1.54) is 33.3 Å². The van der Waals surface area contributed by atoms with Gasteiger partial charge in [0.05, 0.1) is 9.99 Å². The molecule has 1 aromatic heterocycles. The standard InChI is InChI=1S/C17H20INOS/c1-11(12-5-3-6-13(9-12)20-2)19-15-7-4-8-16-14(15)10-17(18)21-16/h3,5-6,9-11,15,19H,4,7-8H2,1-2H3/t11-,15?/m0/s1. The predicted octanol–water partition coefficient (Wildman–Crippen LogP) is 5.09. The first-order chi connectivity index (χ1) is 10.2. The second-order valence-electron chi connectivity index (χ2n) is 5.54. The summed E-state index contributed by atoms with van der Waals surface area (Å²) in [7, 11) is 1.72. The summed E-state index contributed by atoms with van der Waals surface area (Å²) < 4.78 is 6.73. The van der Waals surface area contributed by atoms with Crippen molar-refractivity contribution < 1.29 is 4.74 Å². The number of hydrogen-bond acceptors (Lipinski definition) is 3. The fraction of sp³-hybridized carbons (Fsp3) is 0.412. The lowest BCUT2D eigenvalue weighted by atomic mass is 9.93. The van der Waals surface area contributed by atoms with E-state index in [9.17, 15) is 0 Å². The Morgan fingerprint density at radius 3 is 3.05 bits per heavy atom. The maximum Gasteiger partial charge on any atom is 0.119 e. The quantitative estimate of drug-likeness (QED) is 0.706. The summed E-state index contributed by atoms with van der Waals surface area (Å²) in [6.45, 7) is 2.24. The van der Waals surface area contributed by atoms with Crippen LogP contribution in [0.2, 0.25) is 0 Å². The van der Waals surface area contributed by atoms with Gasteiger partial charge in [-0.1, -0.05) is 12.1 Å². The van der Waals surface area contributed by atoms with Gasteiger partial charge in [-0.2, -0.15) is 0 Å². The van der Waals surface area contributed by atoms with Crippen LogP contribution in [-0.4, -0.2) is 7.11 Å². The van der Waals surface area contributed by atoms with Crippen LogP contribution in [-0.2, 0) is 6.42 Å². The van der Waals surface area contributed by atoms with Gasteiger partial charge in [0.2, 0.25) is 0 Å². The number of methoxy groups -OCH3 is 1. The zero-order valence-corrected chi connectivity index (χ0v) is 15.3. The van der Waals surface area contributed by atoms with Crippen LogP contribution in [0.1, 0.15) is 47.9 Å². The highest BCUT2D eigenvalue weighted by Gasteiger charge is 2.24. The fourth-order valence-corrected chi connectivity index (χ4v) is 5.12. The average molecular weight is 413 g/mol. The van der Waals surface area contributed by atoms with Crippen LogP contribution in [0.15, 0.2) is 30.3 Å². The van der Waals surface area contributed by atoms with E-state index in [0.29, 0.717) is 12.1 Å². The number of ether oxygens (including phenoxy) is 1. The van der Waals surface area contributed by atoms with Gasteiger partial charge in [-0.05, 0) is 78.1 Å². The lowest BCUT2D eigenvalue weighted by molar-refractivity contribution is 0.405. The summed E-state index contributed by atoms with van der Waals surface area (Å²) in [6.07, 6.45) is 3.76. The lowest BCUT2D eigenvalue weighted by Gasteiger charge is -2.27. The zero-order chi connectivity index (χ0) is 14.8. The van der Waals surface area contributed by atoms with Crippen LogP contribution in [0.5, 0.6) is 5.75 Å². The molecule has 21 heavy (non-hydrogen) atoms. The molecular formula is C17H20INOS. The van der Waals surface area contributed by atoms with Gasteiger partial charge in [0.25, 0.3) is 0 Å². The predicted molar refractivity (Wildman–Crippen MR) is 97.3 cm³/mol. The van der Waals surface area contributed by atoms with Crippen molar-refractivity contribution in [1.82, 2.24) is 5.32 Å². The van der Waals surface area contributed by atoms with Gasteiger partial charge >= 0.3 is 0 Å². The number of thiophene rings is 1. The second kappa shape index (κ2) is 6.67. The van der Waals surface area contributed by atoms with E-state index in [1.54, 1.807) is 12.0 Å². The Balaban J connectivity index is 1.77. The zero-order valence-electron chi connectivity index (χ0n) is 12.4. The van der Waals surface area contributed by atoms with Gasteiger partial charge in [-0.3, -0.25) is 0 Å². The van der Waals surface area contributed by atoms with Crippen molar-refractivity contribution in [2.45, 2.75) is 38.3 Å². The molecule has 1 N–H and O–H groups in total. The van der Waals surface area contributed by atoms with Crippen LogP contribution in [0.3, 0.4) is 0 Å². The van der Waals surface area contributed by atoms with E-state index < -0.39 is 0 Å². The SMILES string of the molecule is COc1cccc([C@H](C)NC2CCCc3sc(I)cc32)c1. The Morgan fingerprint density at radius 1 is 1.38 bits per heavy atom. The van der Waals surface area contributed by atoms with Crippen molar-refractivity contribution in [2.24, 2.45) is 0 Å². The van der Waals surface area contributed by atoms with Gasteiger partial charge in [0, 0.05) is 17.0 Å². The fourth-order valence-electron chi connectivity index (χ4n) is 3.00. The van der Waals surface area contributed by atoms with E-state index in [1.807, 2.05) is 17.4 Å².